The Morgan fingerprint density at radius 2 is 1.73 bits per heavy atom. The summed E-state index contributed by atoms with van der Waals surface area (Å²) in [6.07, 6.45) is 1.84. The number of carbonyl (C=O) groups is 1. The molecular weight excluding hydrogens is 274 g/mol. The number of carbonyl (C=O) groups excluding carboxylic acids is 1. The Morgan fingerprint density at radius 3 is 2.64 bits per heavy atom. The molecule has 3 aromatic rings. The van der Waals surface area contributed by atoms with Crippen molar-refractivity contribution in [2.24, 2.45) is 0 Å². The Labute approximate surface area is 127 Å². The molecule has 1 aliphatic rings. The van der Waals surface area contributed by atoms with Crippen LogP contribution in [0, 0.1) is 0 Å². The van der Waals surface area contributed by atoms with E-state index in [1.807, 2.05) is 54.6 Å². The van der Waals surface area contributed by atoms with Gasteiger partial charge in [-0.15, -0.1) is 0 Å². The fraction of sp³-hybridized carbons (Fsp3) is 0. The number of benzene rings is 3. The molecule has 0 saturated carbocycles. The highest BCUT2D eigenvalue weighted by Gasteiger charge is 2.23. The Morgan fingerprint density at radius 1 is 0.955 bits per heavy atom. The topological polar surface area (TPSA) is 49.3 Å². The molecule has 0 atom stereocenters. The normalized spacial score (nSPS) is 15.1. The van der Waals surface area contributed by atoms with Crippen molar-refractivity contribution >= 4 is 34.0 Å². The van der Waals surface area contributed by atoms with Crippen LogP contribution in [0.5, 0.6) is 5.75 Å². The molecule has 3 nitrogen and oxygen atoms in total. The van der Waals surface area contributed by atoms with Crippen LogP contribution in [0.1, 0.15) is 11.1 Å². The Bertz CT molecular complexity index is 941. The number of aromatic hydroxyl groups is 1. The molecule has 0 bridgehead atoms. The summed E-state index contributed by atoms with van der Waals surface area (Å²) in [6, 6.07) is 18.8. The van der Waals surface area contributed by atoms with Crippen molar-refractivity contribution in [3.8, 4) is 5.75 Å². The Hall–Kier alpha value is -3.07. The minimum atomic E-state index is -0.117. The van der Waals surface area contributed by atoms with E-state index in [1.54, 1.807) is 12.1 Å². The van der Waals surface area contributed by atoms with Gasteiger partial charge in [0.1, 0.15) is 5.75 Å². The van der Waals surface area contributed by atoms with Gasteiger partial charge in [0.05, 0.1) is 0 Å². The number of para-hydroxylation sites is 1. The first-order chi connectivity index (χ1) is 10.7. The molecule has 106 valence electrons. The van der Waals surface area contributed by atoms with Crippen molar-refractivity contribution in [3.63, 3.8) is 0 Å². The first-order valence-corrected chi connectivity index (χ1v) is 7.06. The molecule has 1 heterocycles. The third-order valence-corrected chi connectivity index (χ3v) is 3.89. The van der Waals surface area contributed by atoms with Crippen LogP contribution in [-0.4, -0.2) is 11.0 Å². The van der Waals surface area contributed by atoms with Crippen LogP contribution >= 0.6 is 0 Å². The minimum Gasteiger partial charge on any atom is -0.508 e. The van der Waals surface area contributed by atoms with Crippen molar-refractivity contribution in [1.82, 2.24) is 0 Å². The van der Waals surface area contributed by atoms with Crippen LogP contribution in [0.15, 0.2) is 60.7 Å². The minimum absolute atomic E-state index is 0.117. The number of amides is 1. The molecule has 0 aromatic heterocycles. The summed E-state index contributed by atoms with van der Waals surface area (Å²) in [5.41, 5.74) is 3.16. The average Bonchev–Trinajstić information content (AvgIpc) is 2.83. The molecule has 2 N–H and O–H groups in total. The molecule has 3 aromatic carbocycles. The average molecular weight is 287 g/mol. The Balaban J connectivity index is 1.96. The van der Waals surface area contributed by atoms with Gasteiger partial charge in [0.15, 0.2) is 0 Å². The van der Waals surface area contributed by atoms with Gasteiger partial charge < -0.3 is 10.4 Å². The van der Waals surface area contributed by atoms with Gasteiger partial charge in [-0.25, -0.2) is 0 Å². The fourth-order valence-corrected chi connectivity index (χ4v) is 2.88. The van der Waals surface area contributed by atoms with Gasteiger partial charge in [-0.2, -0.15) is 0 Å². The standard InChI is InChI=1S/C19H13NO2/c21-14-9-12-5-1-2-6-15(12)13(10-14)11-17-16-7-3-4-8-18(16)20-19(17)22/h1-11,21H,(H,20,22). The number of fused-ring (bicyclic) bond motifs is 2. The number of phenols is 1. The van der Waals surface area contributed by atoms with E-state index in [9.17, 15) is 9.90 Å². The first-order valence-electron chi connectivity index (χ1n) is 7.06. The molecule has 4 rings (SSSR count). The van der Waals surface area contributed by atoms with Gasteiger partial charge in [-0.3, -0.25) is 4.79 Å². The zero-order valence-corrected chi connectivity index (χ0v) is 11.7. The summed E-state index contributed by atoms with van der Waals surface area (Å²) in [4.78, 5) is 12.2. The zero-order valence-electron chi connectivity index (χ0n) is 11.7. The van der Waals surface area contributed by atoms with Crippen molar-refractivity contribution in [2.75, 3.05) is 5.32 Å². The molecule has 0 radical (unpaired) electrons. The lowest BCUT2D eigenvalue weighted by Crippen LogP contribution is -2.03. The molecule has 0 unspecified atom stereocenters. The van der Waals surface area contributed by atoms with Gasteiger partial charge in [0.25, 0.3) is 5.91 Å². The summed E-state index contributed by atoms with van der Waals surface area (Å²) in [5.74, 6) is 0.0749. The van der Waals surface area contributed by atoms with Crippen LogP contribution in [-0.2, 0) is 4.79 Å². The summed E-state index contributed by atoms with van der Waals surface area (Å²) >= 11 is 0. The van der Waals surface area contributed by atoms with Gasteiger partial charge >= 0.3 is 0 Å². The van der Waals surface area contributed by atoms with E-state index in [4.69, 9.17) is 0 Å². The monoisotopic (exact) mass is 287 g/mol. The molecular formula is C19H13NO2. The van der Waals surface area contributed by atoms with Crippen LogP contribution < -0.4 is 5.32 Å². The van der Waals surface area contributed by atoms with Crippen LogP contribution in [0.25, 0.3) is 22.4 Å². The molecule has 1 aliphatic heterocycles. The molecule has 0 aliphatic carbocycles. The van der Waals surface area contributed by atoms with Crippen LogP contribution in [0.4, 0.5) is 5.69 Å². The van der Waals surface area contributed by atoms with E-state index in [2.05, 4.69) is 5.32 Å². The molecule has 3 heteroatoms. The van der Waals surface area contributed by atoms with Gasteiger partial charge in [0, 0.05) is 16.8 Å². The fourth-order valence-electron chi connectivity index (χ4n) is 2.88. The Kier molecular flexibility index (Phi) is 2.73. The molecule has 0 fully saturated rings. The number of phenolic OH excluding ortho intramolecular Hbond substituents is 1. The third-order valence-electron chi connectivity index (χ3n) is 3.89. The lowest BCUT2D eigenvalue weighted by Gasteiger charge is -2.05. The lowest BCUT2D eigenvalue weighted by atomic mass is 9.99. The van der Waals surface area contributed by atoms with E-state index < -0.39 is 0 Å². The maximum atomic E-state index is 12.2. The van der Waals surface area contributed by atoms with E-state index >= 15 is 0 Å². The third kappa shape index (κ3) is 1.95. The molecule has 22 heavy (non-hydrogen) atoms. The van der Waals surface area contributed by atoms with Gasteiger partial charge in [-0.05, 0) is 40.6 Å². The zero-order chi connectivity index (χ0) is 15.1. The number of anilines is 1. The second-order valence-corrected chi connectivity index (χ2v) is 5.31. The highest BCUT2D eigenvalue weighted by atomic mass is 16.3. The number of nitrogens with one attached hydrogen (secondary N) is 1. The molecule has 0 spiro atoms. The lowest BCUT2D eigenvalue weighted by molar-refractivity contribution is -0.110. The van der Waals surface area contributed by atoms with Crippen LogP contribution in [0.3, 0.4) is 0 Å². The maximum absolute atomic E-state index is 12.2. The highest BCUT2D eigenvalue weighted by Crippen LogP contribution is 2.34. The predicted molar refractivity (Wildman–Crippen MR) is 88.6 cm³/mol. The van der Waals surface area contributed by atoms with E-state index in [0.29, 0.717) is 5.57 Å². The first kappa shape index (κ1) is 12.7. The number of hydrogen-bond acceptors (Lipinski definition) is 2. The second-order valence-electron chi connectivity index (χ2n) is 5.31. The second kappa shape index (κ2) is 4.74. The van der Waals surface area contributed by atoms with E-state index in [1.165, 1.54) is 0 Å². The maximum Gasteiger partial charge on any atom is 0.256 e. The van der Waals surface area contributed by atoms with Crippen molar-refractivity contribution in [1.29, 1.82) is 0 Å². The summed E-state index contributed by atoms with van der Waals surface area (Å²) in [6.45, 7) is 0. The van der Waals surface area contributed by atoms with Crippen molar-refractivity contribution in [3.05, 3.63) is 71.8 Å². The van der Waals surface area contributed by atoms with Gasteiger partial charge in [0.2, 0.25) is 0 Å². The molecule has 0 saturated heterocycles. The van der Waals surface area contributed by atoms with E-state index in [0.717, 1.165) is 27.6 Å². The predicted octanol–water partition coefficient (Wildman–Crippen LogP) is 4.04. The summed E-state index contributed by atoms with van der Waals surface area (Å²) < 4.78 is 0. The van der Waals surface area contributed by atoms with E-state index in [-0.39, 0.29) is 11.7 Å². The number of hydrogen-bond donors (Lipinski definition) is 2. The SMILES string of the molecule is O=C1Nc2ccccc2C1=Cc1cc(O)cc2ccccc12. The van der Waals surface area contributed by atoms with Gasteiger partial charge in [-0.1, -0.05) is 42.5 Å². The largest absolute Gasteiger partial charge is 0.508 e. The van der Waals surface area contributed by atoms with Crippen LogP contribution in [0.2, 0.25) is 0 Å². The van der Waals surface area contributed by atoms with Crippen molar-refractivity contribution in [2.45, 2.75) is 0 Å². The smallest absolute Gasteiger partial charge is 0.256 e. The molecule has 1 amide bonds. The highest BCUT2D eigenvalue weighted by molar-refractivity contribution is 6.35. The quantitative estimate of drug-likeness (QED) is 0.664. The summed E-state index contributed by atoms with van der Waals surface area (Å²) in [5, 5.41) is 14.7. The van der Waals surface area contributed by atoms with Crippen molar-refractivity contribution < 1.29 is 9.90 Å². The summed E-state index contributed by atoms with van der Waals surface area (Å²) in [7, 11) is 0. The number of rotatable bonds is 1.